The Morgan fingerprint density at radius 1 is 1.22 bits per heavy atom. The number of nitrogens with two attached hydrogens (primary N) is 1. The van der Waals surface area contributed by atoms with Crippen molar-refractivity contribution in [3.63, 3.8) is 0 Å². The molecule has 1 fully saturated rings. The first-order valence-corrected chi connectivity index (χ1v) is 9.88. The van der Waals surface area contributed by atoms with Crippen molar-refractivity contribution in [1.29, 1.82) is 0 Å². The van der Waals surface area contributed by atoms with E-state index >= 15 is 0 Å². The molecule has 0 radical (unpaired) electrons. The Labute approximate surface area is 160 Å². The summed E-state index contributed by atoms with van der Waals surface area (Å²) in [5.74, 6) is 0.0649. The van der Waals surface area contributed by atoms with Gasteiger partial charge in [-0.15, -0.1) is 0 Å². The molecule has 1 saturated carbocycles. The van der Waals surface area contributed by atoms with Crippen LogP contribution in [0, 0.1) is 11.3 Å². The molecule has 6 nitrogen and oxygen atoms in total. The molecule has 1 aliphatic rings. The Hall–Kier alpha value is -2.37. The molecular formula is C21H30N4O2. The van der Waals surface area contributed by atoms with E-state index in [0.29, 0.717) is 18.2 Å². The molecule has 1 heterocycles. The van der Waals surface area contributed by atoms with Crippen LogP contribution in [0.5, 0.6) is 0 Å². The van der Waals surface area contributed by atoms with Crippen molar-refractivity contribution in [3.05, 3.63) is 30.0 Å². The molecule has 2 aromatic rings. The number of primary amides is 1. The summed E-state index contributed by atoms with van der Waals surface area (Å²) in [6, 6.07) is 7.89. The van der Waals surface area contributed by atoms with Crippen LogP contribution >= 0.6 is 0 Å². The van der Waals surface area contributed by atoms with Gasteiger partial charge in [-0.3, -0.25) is 14.3 Å². The van der Waals surface area contributed by atoms with E-state index in [4.69, 9.17) is 5.73 Å². The second-order valence-electron chi connectivity index (χ2n) is 8.54. The van der Waals surface area contributed by atoms with Crippen molar-refractivity contribution in [3.8, 4) is 0 Å². The number of fused-ring (bicyclic) bond motifs is 1. The summed E-state index contributed by atoms with van der Waals surface area (Å²) < 4.78 is 1.99. The second kappa shape index (κ2) is 8.11. The van der Waals surface area contributed by atoms with Gasteiger partial charge in [0.1, 0.15) is 0 Å². The maximum absolute atomic E-state index is 12.8. The molecule has 0 unspecified atom stereocenters. The van der Waals surface area contributed by atoms with Crippen molar-refractivity contribution >= 4 is 22.7 Å². The number of hydrogen-bond acceptors (Lipinski definition) is 3. The minimum atomic E-state index is -0.387. The van der Waals surface area contributed by atoms with Gasteiger partial charge in [0.15, 0.2) is 5.69 Å². The predicted molar refractivity (Wildman–Crippen MR) is 106 cm³/mol. The number of carbonyl (C=O) groups excluding carboxylic acids is 2. The number of nitrogens with zero attached hydrogens (tertiary/aromatic N) is 2. The van der Waals surface area contributed by atoms with Crippen molar-refractivity contribution in [2.75, 3.05) is 6.54 Å². The van der Waals surface area contributed by atoms with Gasteiger partial charge in [0.2, 0.25) is 5.91 Å². The van der Waals surface area contributed by atoms with Gasteiger partial charge in [-0.1, -0.05) is 51.3 Å². The van der Waals surface area contributed by atoms with E-state index < -0.39 is 0 Å². The highest BCUT2D eigenvalue weighted by Gasteiger charge is 2.24. The van der Waals surface area contributed by atoms with E-state index in [0.717, 1.165) is 17.4 Å². The molecule has 3 rings (SSSR count). The lowest BCUT2D eigenvalue weighted by Crippen LogP contribution is -2.36. The van der Waals surface area contributed by atoms with Crippen LogP contribution in [0.4, 0.5) is 0 Å². The zero-order chi connectivity index (χ0) is 19.4. The van der Waals surface area contributed by atoms with E-state index in [1.54, 1.807) is 0 Å². The standard InChI is InChI=1S/C21H30N4O2/c1-21(2,12-18(22)26)14-23-20(27)19-16-10-6-7-11-17(16)25(24-19)13-15-8-4-3-5-9-15/h6-7,10-11,15H,3-5,8-9,12-14H2,1-2H3,(H2,22,26)(H,23,27). The van der Waals surface area contributed by atoms with Gasteiger partial charge in [-0.25, -0.2) is 0 Å². The van der Waals surface area contributed by atoms with E-state index in [-0.39, 0.29) is 23.7 Å². The SMILES string of the molecule is CC(C)(CNC(=O)c1nn(CC2CCCCC2)c2ccccc12)CC(N)=O. The molecule has 1 aromatic carbocycles. The minimum Gasteiger partial charge on any atom is -0.370 e. The number of carbonyl (C=O) groups is 2. The Bertz CT molecular complexity index is 819. The second-order valence-corrected chi connectivity index (χ2v) is 8.54. The minimum absolute atomic E-state index is 0.203. The quantitative estimate of drug-likeness (QED) is 0.784. The van der Waals surface area contributed by atoms with Crippen molar-refractivity contribution in [2.45, 2.75) is 58.9 Å². The van der Waals surface area contributed by atoms with E-state index in [1.165, 1.54) is 32.1 Å². The monoisotopic (exact) mass is 370 g/mol. The lowest BCUT2D eigenvalue weighted by molar-refractivity contribution is -0.119. The first kappa shape index (κ1) is 19.4. The van der Waals surface area contributed by atoms with Crippen LogP contribution in [-0.2, 0) is 11.3 Å². The number of rotatable bonds is 7. The van der Waals surface area contributed by atoms with Crippen LogP contribution in [0.2, 0.25) is 0 Å². The maximum Gasteiger partial charge on any atom is 0.272 e. The first-order chi connectivity index (χ1) is 12.9. The number of para-hydroxylation sites is 1. The molecular weight excluding hydrogens is 340 g/mol. The van der Waals surface area contributed by atoms with Crippen LogP contribution in [-0.4, -0.2) is 28.1 Å². The Balaban J connectivity index is 1.77. The molecule has 0 bridgehead atoms. The number of benzene rings is 1. The van der Waals surface area contributed by atoms with Crippen molar-refractivity contribution < 1.29 is 9.59 Å². The zero-order valence-corrected chi connectivity index (χ0v) is 16.3. The molecule has 6 heteroatoms. The molecule has 2 amide bonds. The average Bonchev–Trinajstić information content (AvgIpc) is 2.98. The van der Waals surface area contributed by atoms with Crippen LogP contribution in [0.1, 0.15) is 62.9 Å². The normalized spacial score (nSPS) is 15.8. The fourth-order valence-corrected chi connectivity index (χ4v) is 3.99. The van der Waals surface area contributed by atoms with Gasteiger partial charge in [0.05, 0.1) is 5.52 Å². The molecule has 0 atom stereocenters. The Kier molecular flexibility index (Phi) is 5.82. The summed E-state index contributed by atoms with van der Waals surface area (Å²) in [7, 11) is 0. The summed E-state index contributed by atoms with van der Waals surface area (Å²) >= 11 is 0. The summed E-state index contributed by atoms with van der Waals surface area (Å²) in [5, 5.41) is 8.46. The number of hydrogen-bond donors (Lipinski definition) is 2. The topological polar surface area (TPSA) is 90.0 Å². The highest BCUT2D eigenvalue weighted by Crippen LogP contribution is 2.27. The predicted octanol–water partition coefficient (Wildman–Crippen LogP) is 3.25. The Morgan fingerprint density at radius 3 is 2.63 bits per heavy atom. The molecule has 0 aliphatic heterocycles. The molecule has 1 aromatic heterocycles. The van der Waals surface area contributed by atoms with E-state index in [1.807, 2.05) is 42.8 Å². The van der Waals surface area contributed by atoms with Gasteiger partial charge in [0.25, 0.3) is 5.91 Å². The van der Waals surface area contributed by atoms with Crippen molar-refractivity contribution in [1.82, 2.24) is 15.1 Å². The zero-order valence-electron chi connectivity index (χ0n) is 16.3. The molecule has 0 saturated heterocycles. The number of aromatic nitrogens is 2. The van der Waals surface area contributed by atoms with Gasteiger partial charge in [0, 0.05) is 24.9 Å². The third kappa shape index (κ3) is 4.87. The summed E-state index contributed by atoms with van der Waals surface area (Å²) in [6.07, 6.45) is 6.58. The largest absolute Gasteiger partial charge is 0.370 e. The van der Waals surface area contributed by atoms with Crippen molar-refractivity contribution in [2.24, 2.45) is 17.1 Å². The molecule has 1 aliphatic carbocycles. The fraction of sp³-hybridized carbons (Fsp3) is 0.571. The van der Waals surface area contributed by atoms with Crippen LogP contribution in [0.15, 0.2) is 24.3 Å². The molecule has 146 valence electrons. The lowest BCUT2D eigenvalue weighted by Gasteiger charge is -2.23. The van der Waals surface area contributed by atoms with Gasteiger partial charge in [-0.05, 0) is 30.2 Å². The van der Waals surface area contributed by atoms with Gasteiger partial charge >= 0.3 is 0 Å². The summed E-state index contributed by atoms with van der Waals surface area (Å²) in [5.41, 5.74) is 6.37. The average molecular weight is 370 g/mol. The van der Waals surface area contributed by atoms with Crippen LogP contribution in [0.25, 0.3) is 10.9 Å². The first-order valence-electron chi connectivity index (χ1n) is 9.88. The molecule has 27 heavy (non-hydrogen) atoms. The van der Waals surface area contributed by atoms with Crippen LogP contribution in [0.3, 0.4) is 0 Å². The lowest BCUT2D eigenvalue weighted by atomic mass is 9.89. The highest BCUT2D eigenvalue weighted by molar-refractivity contribution is 6.04. The van der Waals surface area contributed by atoms with Gasteiger partial charge in [-0.2, -0.15) is 5.10 Å². The number of nitrogens with one attached hydrogen (secondary N) is 1. The van der Waals surface area contributed by atoms with E-state index in [2.05, 4.69) is 10.4 Å². The summed E-state index contributed by atoms with van der Waals surface area (Å²) in [6.45, 7) is 5.06. The maximum atomic E-state index is 12.8. The molecule has 3 N–H and O–H groups in total. The number of amides is 2. The Morgan fingerprint density at radius 2 is 1.93 bits per heavy atom. The summed E-state index contributed by atoms with van der Waals surface area (Å²) in [4.78, 5) is 24.0. The fourth-order valence-electron chi connectivity index (χ4n) is 3.99. The third-order valence-electron chi connectivity index (χ3n) is 5.41. The smallest absolute Gasteiger partial charge is 0.272 e. The third-order valence-corrected chi connectivity index (χ3v) is 5.41. The van der Waals surface area contributed by atoms with E-state index in [9.17, 15) is 9.59 Å². The van der Waals surface area contributed by atoms with Gasteiger partial charge < -0.3 is 11.1 Å². The molecule has 0 spiro atoms. The highest BCUT2D eigenvalue weighted by atomic mass is 16.2. The van der Waals surface area contributed by atoms with Crippen LogP contribution < -0.4 is 11.1 Å².